The molecule has 2 aliphatic carbocycles. The van der Waals surface area contributed by atoms with Gasteiger partial charge < -0.3 is 4.42 Å². The molecule has 2 heterocycles. The highest BCUT2D eigenvalue weighted by molar-refractivity contribution is 4.99. The van der Waals surface area contributed by atoms with Gasteiger partial charge in [-0.15, -0.1) is 0 Å². The molecule has 3 nitrogen and oxygen atoms in total. The summed E-state index contributed by atoms with van der Waals surface area (Å²) in [6.07, 6.45) is 7.81. The van der Waals surface area contributed by atoms with Crippen molar-refractivity contribution in [1.82, 2.24) is 9.80 Å². The minimum Gasteiger partial charge on any atom is -0.468 e. The van der Waals surface area contributed by atoms with Crippen LogP contribution in [0.5, 0.6) is 0 Å². The Morgan fingerprint density at radius 2 is 2.00 bits per heavy atom. The standard InChI is InChI=1S/C16H24N2O/c1-2-15(19-9-1)12-17-5-7-18(8-6-17)16-11-13-3-4-14(16)10-13/h1-2,9,13-14,16H,3-8,10-12H2/t13-,14-,16+/m0/s1. The van der Waals surface area contributed by atoms with Crippen molar-refractivity contribution in [3.8, 4) is 0 Å². The van der Waals surface area contributed by atoms with Crippen molar-refractivity contribution < 1.29 is 4.42 Å². The number of rotatable bonds is 3. The van der Waals surface area contributed by atoms with Crippen LogP contribution in [0.4, 0.5) is 0 Å². The van der Waals surface area contributed by atoms with Gasteiger partial charge in [0, 0.05) is 32.2 Å². The van der Waals surface area contributed by atoms with Gasteiger partial charge in [0.2, 0.25) is 0 Å². The molecule has 0 radical (unpaired) electrons. The lowest BCUT2D eigenvalue weighted by Crippen LogP contribution is -2.51. The van der Waals surface area contributed by atoms with Crippen molar-refractivity contribution in [2.45, 2.75) is 38.3 Å². The molecule has 3 heteroatoms. The number of hydrogen-bond acceptors (Lipinski definition) is 3. The van der Waals surface area contributed by atoms with Crippen molar-refractivity contribution in [3.63, 3.8) is 0 Å². The quantitative estimate of drug-likeness (QED) is 0.833. The Morgan fingerprint density at radius 1 is 1.11 bits per heavy atom. The molecule has 3 aliphatic rings. The first-order chi connectivity index (χ1) is 9.38. The van der Waals surface area contributed by atoms with Crippen molar-refractivity contribution >= 4 is 0 Å². The van der Waals surface area contributed by atoms with E-state index in [0.29, 0.717) is 0 Å². The van der Waals surface area contributed by atoms with Crippen LogP contribution in [0.2, 0.25) is 0 Å². The number of hydrogen-bond donors (Lipinski definition) is 0. The van der Waals surface area contributed by atoms with Gasteiger partial charge in [0.1, 0.15) is 5.76 Å². The van der Waals surface area contributed by atoms with Crippen LogP contribution in [0.25, 0.3) is 0 Å². The summed E-state index contributed by atoms with van der Waals surface area (Å²) >= 11 is 0. The van der Waals surface area contributed by atoms with Gasteiger partial charge in [-0.1, -0.05) is 6.42 Å². The molecule has 2 saturated carbocycles. The molecule has 0 aromatic carbocycles. The number of piperazine rings is 1. The van der Waals surface area contributed by atoms with E-state index in [1.807, 2.05) is 6.07 Å². The minimum atomic E-state index is 0.921. The van der Waals surface area contributed by atoms with Crippen LogP contribution in [-0.2, 0) is 6.54 Å². The Kier molecular flexibility index (Phi) is 3.12. The molecule has 0 unspecified atom stereocenters. The van der Waals surface area contributed by atoms with Gasteiger partial charge in [-0.05, 0) is 43.2 Å². The van der Waals surface area contributed by atoms with Gasteiger partial charge in [-0.3, -0.25) is 9.80 Å². The molecule has 1 aliphatic heterocycles. The molecule has 1 aromatic rings. The molecular weight excluding hydrogens is 236 g/mol. The van der Waals surface area contributed by atoms with E-state index in [1.165, 1.54) is 51.9 Å². The highest BCUT2D eigenvalue weighted by Gasteiger charge is 2.42. The predicted octanol–water partition coefficient (Wildman–Crippen LogP) is 2.59. The number of furan rings is 1. The van der Waals surface area contributed by atoms with E-state index in [2.05, 4.69) is 15.9 Å². The van der Waals surface area contributed by atoms with E-state index in [1.54, 1.807) is 6.26 Å². The van der Waals surface area contributed by atoms with Crippen molar-refractivity contribution in [3.05, 3.63) is 24.2 Å². The van der Waals surface area contributed by atoms with Crippen LogP contribution >= 0.6 is 0 Å². The molecule has 1 aromatic heterocycles. The van der Waals surface area contributed by atoms with Gasteiger partial charge in [0.15, 0.2) is 0 Å². The summed E-state index contributed by atoms with van der Waals surface area (Å²) in [4.78, 5) is 5.31. The van der Waals surface area contributed by atoms with Gasteiger partial charge in [0.05, 0.1) is 12.8 Å². The van der Waals surface area contributed by atoms with Crippen molar-refractivity contribution in [2.24, 2.45) is 11.8 Å². The molecule has 0 amide bonds. The summed E-state index contributed by atoms with van der Waals surface area (Å²) in [5.41, 5.74) is 0. The Bertz CT molecular complexity index is 408. The van der Waals surface area contributed by atoms with Crippen LogP contribution in [-0.4, -0.2) is 42.0 Å². The van der Waals surface area contributed by atoms with Crippen LogP contribution in [0.1, 0.15) is 31.4 Å². The van der Waals surface area contributed by atoms with Crippen LogP contribution < -0.4 is 0 Å². The molecule has 4 rings (SSSR count). The van der Waals surface area contributed by atoms with Gasteiger partial charge >= 0.3 is 0 Å². The van der Waals surface area contributed by atoms with Gasteiger partial charge in [0.25, 0.3) is 0 Å². The Balaban J connectivity index is 1.30. The second-order valence-electron chi connectivity index (χ2n) is 6.63. The third-order valence-corrected chi connectivity index (χ3v) is 5.54. The molecule has 3 fully saturated rings. The maximum absolute atomic E-state index is 5.45. The summed E-state index contributed by atoms with van der Waals surface area (Å²) in [7, 11) is 0. The fraction of sp³-hybridized carbons (Fsp3) is 0.750. The predicted molar refractivity (Wildman–Crippen MR) is 74.8 cm³/mol. The fourth-order valence-electron chi connectivity index (χ4n) is 4.53. The maximum Gasteiger partial charge on any atom is 0.117 e. The van der Waals surface area contributed by atoms with Crippen molar-refractivity contribution in [2.75, 3.05) is 26.2 Å². The average molecular weight is 260 g/mol. The van der Waals surface area contributed by atoms with Crippen LogP contribution in [0.15, 0.2) is 22.8 Å². The Hall–Kier alpha value is -0.800. The zero-order valence-electron chi connectivity index (χ0n) is 11.6. The van der Waals surface area contributed by atoms with Crippen LogP contribution in [0, 0.1) is 11.8 Å². The first kappa shape index (κ1) is 12.0. The van der Waals surface area contributed by atoms with E-state index >= 15 is 0 Å². The molecule has 3 atom stereocenters. The summed E-state index contributed by atoms with van der Waals surface area (Å²) in [6.45, 7) is 5.91. The minimum absolute atomic E-state index is 0.921. The summed E-state index contributed by atoms with van der Waals surface area (Å²) in [5.74, 6) is 3.20. The zero-order chi connectivity index (χ0) is 12.7. The largest absolute Gasteiger partial charge is 0.468 e. The highest BCUT2D eigenvalue weighted by Crippen LogP contribution is 2.46. The van der Waals surface area contributed by atoms with Gasteiger partial charge in [-0.25, -0.2) is 0 Å². The van der Waals surface area contributed by atoms with Crippen molar-refractivity contribution in [1.29, 1.82) is 0 Å². The molecule has 1 saturated heterocycles. The van der Waals surface area contributed by atoms with E-state index in [9.17, 15) is 0 Å². The lowest BCUT2D eigenvalue weighted by Gasteiger charge is -2.40. The summed E-state index contributed by atoms with van der Waals surface area (Å²) in [6, 6.07) is 4.99. The molecule has 2 bridgehead atoms. The lowest BCUT2D eigenvalue weighted by atomic mass is 9.93. The average Bonchev–Trinajstić information content (AvgIpc) is 3.16. The van der Waals surface area contributed by atoms with E-state index < -0.39 is 0 Å². The molecule has 104 valence electrons. The molecular formula is C16H24N2O. The first-order valence-electron chi connectivity index (χ1n) is 7.87. The third-order valence-electron chi connectivity index (χ3n) is 5.54. The number of nitrogens with zero attached hydrogens (tertiary/aromatic N) is 2. The van der Waals surface area contributed by atoms with E-state index in [0.717, 1.165) is 30.2 Å². The Labute approximate surface area is 115 Å². The topological polar surface area (TPSA) is 19.6 Å². The van der Waals surface area contributed by atoms with E-state index in [4.69, 9.17) is 4.42 Å². The molecule has 19 heavy (non-hydrogen) atoms. The molecule has 0 N–H and O–H groups in total. The normalized spacial score (nSPS) is 36.1. The maximum atomic E-state index is 5.45. The third kappa shape index (κ3) is 2.34. The highest BCUT2D eigenvalue weighted by atomic mass is 16.3. The molecule has 0 spiro atoms. The second-order valence-corrected chi connectivity index (χ2v) is 6.63. The lowest BCUT2D eigenvalue weighted by molar-refractivity contribution is 0.0650. The zero-order valence-corrected chi connectivity index (χ0v) is 11.6. The summed E-state index contributed by atoms with van der Waals surface area (Å²) in [5, 5.41) is 0. The Morgan fingerprint density at radius 3 is 2.63 bits per heavy atom. The summed E-state index contributed by atoms with van der Waals surface area (Å²) < 4.78 is 5.45. The fourth-order valence-corrected chi connectivity index (χ4v) is 4.53. The monoisotopic (exact) mass is 260 g/mol. The van der Waals surface area contributed by atoms with Crippen LogP contribution in [0.3, 0.4) is 0 Å². The van der Waals surface area contributed by atoms with Gasteiger partial charge in [-0.2, -0.15) is 0 Å². The second kappa shape index (κ2) is 4.95. The van der Waals surface area contributed by atoms with E-state index in [-0.39, 0.29) is 0 Å². The number of fused-ring (bicyclic) bond motifs is 2. The first-order valence-corrected chi connectivity index (χ1v) is 7.87. The SMILES string of the molecule is c1coc(CN2CCN([C@@H]3C[C@H]4CC[C@H]3C4)CC2)c1. The smallest absolute Gasteiger partial charge is 0.117 e.